The van der Waals surface area contributed by atoms with Crippen molar-refractivity contribution in [2.75, 3.05) is 0 Å². The summed E-state index contributed by atoms with van der Waals surface area (Å²) in [6, 6.07) is 124. The third-order valence-electron chi connectivity index (χ3n) is 24.1. The Kier molecular flexibility index (Phi) is 15.3. The Morgan fingerprint density at radius 2 is 0.486 bits per heavy atom. The molecule has 3 aliphatic rings. The van der Waals surface area contributed by atoms with Gasteiger partial charge in [-0.05, 0) is 218 Å². The van der Waals surface area contributed by atoms with Crippen LogP contribution in [0.1, 0.15) is 74.9 Å². The molecular weight excluding hydrogens is 1320 g/mol. The third kappa shape index (κ3) is 10.2. The largest absolute Gasteiger partial charge is 0.256 e. The number of benzene rings is 16. The monoisotopic (exact) mass is 1390 g/mol. The van der Waals surface area contributed by atoms with Crippen LogP contribution < -0.4 is 0 Å². The molecule has 16 aromatic carbocycles. The molecule has 0 unspecified atom stereocenters. The van der Waals surface area contributed by atoms with Crippen LogP contribution in [0.15, 0.2) is 358 Å². The van der Waals surface area contributed by atoms with Gasteiger partial charge in [-0.3, -0.25) is 15.0 Å². The number of aromatic nitrogens is 3. The summed E-state index contributed by atoms with van der Waals surface area (Å²) in [6.07, 6.45) is 5.58. The summed E-state index contributed by atoms with van der Waals surface area (Å²) in [5.74, 6) is 0. The van der Waals surface area contributed by atoms with Crippen molar-refractivity contribution in [2.45, 2.75) is 57.8 Å². The van der Waals surface area contributed by atoms with Crippen LogP contribution in [0.3, 0.4) is 0 Å². The Hall–Kier alpha value is -13.2. The number of pyridine rings is 3. The van der Waals surface area contributed by atoms with Crippen molar-refractivity contribution >= 4 is 75.4 Å². The van der Waals surface area contributed by atoms with E-state index in [1.165, 1.54) is 176 Å². The third-order valence-corrected chi connectivity index (χ3v) is 24.1. The molecule has 3 nitrogen and oxygen atoms in total. The fourth-order valence-electron chi connectivity index (χ4n) is 19.4. The van der Waals surface area contributed by atoms with E-state index >= 15 is 0 Å². The van der Waals surface area contributed by atoms with Gasteiger partial charge >= 0.3 is 0 Å². The molecule has 0 atom stereocenters. The first-order chi connectivity index (χ1) is 53.4. The normalized spacial score (nSPS) is 13.6. The van der Waals surface area contributed by atoms with Crippen molar-refractivity contribution in [3.8, 4) is 101 Å². The van der Waals surface area contributed by atoms with Crippen molar-refractivity contribution in [1.29, 1.82) is 0 Å². The van der Waals surface area contributed by atoms with E-state index in [1.54, 1.807) is 0 Å². The molecule has 516 valence electrons. The topological polar surface area (TPSA) is 38.7 Å². The summed E-state index contributed by atoms with van der Waals surface area (Å²) < 4.78 is 0. The minimum atomic E-state index is -0.119. The van der Waals surface area contributed by atoms with Gasteiger partial charge in [-0.1, -0.05) is 339 Å². The summed E-state index contributed by atoms with van der Waals surface area (Å²) in [5, 5.41) is 18.5. The van der Waals surface area contributed by atoms with Gasteiger partial charge in [0.15, 0.2) is 0 Å². The van der Waals surface area contributed by atoms with Gasteiger partial charge in [-0.15, -0.1) is 0 Å². The van der Waals surface area contributed by atoms with Crippen LogP contribution in [0, 0.1) is 0 Å². The molecule has 0 saturated heterocycles. The van der Waals surface area contributed by atoms with Gasteiger partial charge in [0.1, 0.15) is 0 Å². The fraction of sp³-hybridized carbons (Fsp3) is 0.0849. The van der Waals surface area contributed by atoms with Crippen molar-refractivity contribution < 1.29 is 0 Å². The molecule has 0 N–H and O–H groups in total. The van der Waals surface area contributed by atoms with Crippen molar-refractivity contribution in [3.05, 3.63) is 392 Å². The molecule has 3 aromatic heterocycles. The zero-order valence-electron chi connectivity index (χ0n) is 61.9. The summed E-state index contributed by atoms with van der Waals surface area (Å²) >= 11 is 0. The second-order valence-electron chi connectivity index (χ2n) is 31.1. The maximum Gasteiger partial charge on any atom is 0.0708 e. The molecule has 22 rings (SSSR count). The first kappa shape index (κ1) is 65.3. The van der Waals surface area contributed by atoms with Gasteiger partial charge in [0.25, 0.3) is 0 Å². The quantitative estimate of drug-likeness (QED) is 0.156. The van der Waals surface area contributed by atoms with Gasteiger partial charge in [0.05, 0.1) is 17.1 Å². The minimum Gasteiger partial charge on any atom is -0.256 e. The van der Waals surface area contributed by atoms with Crippen LogP contribution in [-0.4, -0.2) is 15.0 Å². The molecule has 0 bridgehead atoms. The van der Waals surface area contributed by atoms with E-state index in [0.717, 1.165) is 33.8 Å². The second-order valence-corrected chi connectivity index (χ2v) is 31.1. The molecule has 0 amide bonds. The Morgan fingerprint density at radius 1 is 0.183 bits per heavy atom. The smallest absolute Gasteiger partial charge is 0.0708 e. The predicted octanol–water partition coefficient (Wildman–Crippen LogP) is 28.2. The van der Waals surface area contributed by atoms with Gasteiger partial charge in [-0.25, -0.2) is 0 Å². The first-order valence-corrected chi connectivity index (χ1v) is 38.1. The van der Waals surface area contributed by atoms with Gasteiger partial charge in [-0.2, -0.15) is 0 Å². The van der Waals surface area contributed by atoms with Gasteiger partial charge in [0, 0.05) is 51.5 Å². The van der Waals surface area contributed by atoms with Crippen LogP contribution in [0.4, 0.5) is 0 Å². The summed E-state index contributed by atoms with van der Waals surface area (Å²) in [5.41, 5.74) is 30.3. The van der Waals surface area contributed by atoms with Crippen LogP contribution >= 0.6 is 0 Å². The molecule has 0 radical (unpaired) electrons. The van der Waals surface area contributed by atoms with E-state index in [4.69, 9.17) is 0 Å². The highest BCUT2D eigenvalue weighted by Crippen LogP contribution is 2.58. The number of hydrogen-bond donors (Lipinski definition) is 0. The average Bonchev–Trinajstić information content (AvgIpc) is 0.704. The van der Waals surface area contributed by atoms with E-state index in [1.807, 2.05) is 48.9 Å². The Balaban J connectivity index is 0.000000108. The van der Waals surface area contributed by atoms with Gasteiger partial charge in [0.2, 0.25) is 0 Å². The highest BCUT2D eigenvalue weighted by atomic mass is 14.7. The molecular formula is C106H77N3. The predicted molar refractivity (Wildman–Crippen MR) is 461 cm³/mol. The van der Waals surface area contributed by atoms with E-state index in [9.17, 15) is 0 Å². The van der Waals surface area contributed by atoms with Crippen LogP contribution in [0.25, 0.3) is 176 Å². The zero-order valence-corrected chi connectivity index (χ0v) is 61.9. The number of hydrogen-bond acceptors (Lipinski definition) is 3. The molecule has 3 aliphatic carbocycles. The number of nitrogens with zero attached hydrogens (tertiary/aromatic N) is 3. The lowest BCUT2D eigenvalue weighted by molar-refractivity contribution is 0.651. The Morgan fingerprint density at radius 3 is 0.927 bits per heavy atom. The number of fused-ring (bicyclic) bond motifs is 13. The van der Waals surface area contributed by atoms with Crippen LogP contribution in [-0.2, 0) is 16.2 Å². The summed E-state index contributed by atoms with van der Waals surface area (Å²) in [7, 11) is 0. The maximum atomic E-state index is 4.68. The molecule has 0 aliphatic heterocycles. The highest BCUT2D eigenvalue weighted by Gasteiger charge is 2.39. The maximum absolute atomic E-state index is 4.68. The molecule has 0 spiro atoms. The second kappa shape index (κ2) is 25.5. The van der Waals surface area contributed by atoms with Crippen molar-refractivity contribution in [1.82, 2.24) is 15.0 Å². The van der Waals surface area contributed by atoms with Gasteiger partial charge < -0.3 is 0 Å². The zero-order chi connectivity index (χ0) is 73.3. The summed E-state index contributed by atoms with van der Waals surface area (Å²) in [4.78, 5) is 13.8. The first-order valence-electron chi connectivity index (χ1n) is 38.1. The number of rotatable bonds is 6. The van der Waals surface area contributed by atoms with Crippen molar-refractivity contribution in [3.63, 3.8) is 0 Å². The SMILES string of the molecule is CC1(C)c2ccccc2-c2cccc3c(-c4ccc(-c5ccccn5)c5ccccc45)c4ccccc4c1c23.CC1(C)c2ccccc2-c2cccc3c(-c4ccc(-c5ccccn5)cc4)c4ccccc4c1c23.CC1(C)c2ccccc2-c2cccc3c(-c4cccc(-c5ccccn5)c4)c4ccccc4c1c23. The molecule has 19 aromatic rings. The highest BCUT2D eigenvalue weighted by molar-refractivity contribution is 6.25. The van der Waals surface area contributed by atoms with Crippen LogP contribution in [0.2, 0.25) is 0 Å². The molecule has 109 heavy (non-hydrogen) atoms. The lowest BCUT2D eigenvalue weighted by Crippen LogP contribution is -2.24. The Bertz CT molecular complexity index is 6910. The van der Waals surface area contributed by atoms with Crippen molar-refractivity contribution in [2.24, 2.45) is 0 Å². The van der Waals surface area contributed by atoms with E-state index in [-0.39, 0.29) is 16.2 Å². The minimum absolute atomic E-state index is 0.0931. The Labute approximate surface area is 636 Å². The fourth-order valence-corrected chi connectivity index (χ4v) is 19.4. The molecule has 0 saturated carbocycles. The molecule has 3 heterocycles. The van der Waals surface area contributed by atoms with Crippen LogP contribution in [0.5, 0.6) is 0 Å². The summed E-state index contributed by atoms with van der Waals surface area (Å²) in [6.45, 7) is 14.3. The van der Waals surface area contributed by atoms with E-state index < -0.39 is 0 Å². The van der Waals surface area contributed by atoms with E-state index in [0.29, 0.717) is 0 Å². The average molecular weight is 1390 g/mol. The molecule has 0 fully saturated rings. The standard InChI is InChI=1S/C38H27N.2C34H25N/c1-38(2)33-19-8-7-14-26(33)28-17-11-18-32-35(29-15-5-6-16-31(29)37(38)36(28)32)30-22-21-27(34-20-9-10-23-39-34)24-12-3-4-13-25(24)30;1-34(2)29-18-6-5-13-24(29)25-16-10-17-28-31(26-14-3-4-15-27(26)33(34)32(25)28)23-12-9-11-22(21-23)30-19-7-8-20-35-30;1-34(2)29-15-6-5-10-24(29)25-13-9-14-28-31(26-11-3-4-12-27(26)33(34)32(25)28)23-19-17-22(18-20-23)30-16-7-8-21-35-30/h3-23H,1-2H3;2*3-21H,1-2H3. The lowest BCUT2D eigenvalue weighted by atomic mass is 9.66. The van der Waals surface area contributed by atoms with E-state index in [2.05, 4.69) is 366 Å². The lowest BCUT2D eigenvalue weighted by Gasteiger charge is -2.37. The molecule has 3 heteroatoms.